The van der Waals surface area contributed by atoms with Gasteiger partial charge in [-0.05, 0) is 52.1 Å². The Bertz CT molecular complexity index is 218. The smallest absolute Gasteiger partial charge is 0.0696 e. The molecule has 0 aromatic heterocycles. The van der Waals surface area contributed by atoms with Crippen LogP contribution in [-0.2, 0) is 4.74 Å². The lowest BCUT2D eigenvalue weighted by Crippen LogP contribution is -2.32. The molecule has 0 spiro atoms. The highest BCUT2D eigenvalue weighted by Crippen LogP contribution is 2.19. The van der Waals surface area contributed by atoms with Crippen LogP contribution in [-0.4, -0.2) is 49.8 Å². The second-order valence-electron chi connectivity index (χ2n) is 5.65. The van der Waals surface area contributed by atoms with Crippen molar-refractivity contribution in [2.45, 2.75) is 63.6 Å². The Morgan fingerprint density at radius 3 is 2.76 bits per heavy atom. The predicted octanol–water partition coefficient (Wildman–Crippen LogP) is 2.02. The first-order chi connectivity index (χ1) is 8.29. The van der Waals surface area contributed by atoms with Crippen molar-refractivity contribution in [1.82, 2.24) is 10.2 Å². The maximum atomic E-state index is 5.99. The predicted molar refractivity (Wildman–Crippen MR) is 71.3 cm³/mol. The minimum Gasteiger partial charge on any atom is -0.377 e. The van der Waals surface area contributed by atoms with Gasteiger partial charge >= 0.3 is 0 Å². The highest BCUT2D eigenvalue weighted by Gasteiger charge is 2.23. The van der Waals surface area contributed by atoms with Gasteiger partial charge in [-0.1, -0.05) is 6.92 Å². The number of hydrogen-bond donors (Lipinski definition) is 1. The van der Waals surface area contributed by atoms with Crippen LogP contribution < -0.4 is 5.32 Å². The van der Waals surface area contributed by atoms with Gasteiger partial charge in [-0.3, -0.25) is 0 Å². The quantitative estimate of drug-likeness (QED) is 0.702. The van der Waals surface area contributed by atoms with Crippen molar-refractivity contribution in [2.24, 2.45) is 0 Å². The molecular formula is C14H28N2O. The second kappa shape index (κ2) is 6.72. The fraction of sp³-hybridized carbons (Fsp3) is 1.00. The zero-order chi connectivity index (χ0) is 12.1. The highest BCUT2D eigenvalue weighted by molar-refractivity contribution is 4.82. The van der Waals surface area contributed by atoms with E-state index < -0.39 is 0 Å². The Morgan fingerprint density at radius 2 is 2.18 bits per heavy atom. The first-order valence-electron chi connectivity index (χ1n) is 7.34. The molecule has 2 rings (SSSR count). The SMILES string of the molecule is CCC(CNC1CC1)OCCC1CCCN1C. The topological polar surface area (TPSA) is 24.5 Å². The monoisotopic (exact) mass is 240 g/mol. The van der Waals surface area contributed by atoms with Crippen molar-refractivity contribution in [3.05, 3.63) is 0 Å². The molecule has 1 saturated carbocycles. The molecule has 3 heteroatoms. The molecule has 0 aromatic rings. The minimum atomic E-state index is 0.419. The number of likely N-dealkylation sites (tertiary alicyclic amines) is 1. The van der Waals surface area contributed by atoms with Gasteiger partial charge in [-0.2, -0.15) is 0 Å². The molecule has 2 aliphatic rings. The van der Waals surface area contributed by atoms with E-state index in [-0.39, 0.29) is 0 Å². The van der Waals surface area contributed by atoms with Crippen molar-refractivity contribution >= 4 is 0 Å². The Labute approximate surface area is 106 Å². The maximum absolute atomic E-state index is 5.99. The van der Waals surface area contributed by atoms with E-state index in [2.05, 4.69) is 24.2 Å². The Kier molecular flexibility index (Phi) is 5.26. The lowest BCUT2D eigenvalue weighted by Gasteiger charge is -2.21. The molecule has 2 unspecified atom stereocenters. The van der Waals surface area contributed by atoms with E-state index in [1.165, 1.54) is 38.6 Å². The molecule has 0 amide bonds. The lowest BCUT2D eigenvalue weighted by atomic mass is 10.1. The molecule has 17 heavy (non-hydrogen) atoms. The summed E-state index contributed by atoms with van der Waals surface area (Å²) in [5, 5.41) is 3.56. The molecule has 3 nitrogen and oxygen atoms in total. The normalized spacial score (nSPS) is 27.5. The largest absolute Gasteiger partial charge is 0.377 e. The van der Waals surface area contributed by atoms with Crippen molar-refractivity contribution < 1.29 is 4.74 Å². The molecule has 1 heterocycles. The van der Waals surface area contributed by atoms with Crippen LogP contribution >= 0.6 is 0 Å². The fourth-order valence-electron chi connectivity index (χ4n) is 2.62. The van der Waals surface area contributed by atoms with E-state index >= 15 is 0 Å². The van der Waals surface area contributed by atoms with Gasteiger partial charge in [0.1, 0.15) is 0 Å². The molecule has 100 valence electrons. The summed E-state index contributed by atoms with van der Waals surface area (Å²) in [5.41, 5.74) is 0. The standard InChI is InChI=1S/C14H28N2O/c1-3-14(11-15-12-6-7-12)17-10-8-13-5-4-9-16(13)2/h12-15H,3-11H2,1-2H3. The zero-order valence-electron chi connectivity index (χ0n) is 11.5. The highest BCUT2D eigenvalue weighted by atomic mass is 16.5. The molecule has 1 aliphatic heterocycles. The van der Waals surface area contributed by atoms with Crippen LogP contribution in [0.25, 0.3) is 0 Å². The van der Waals surface area contributed by atoms with Crippen molar-refractivity contribution in [3.8, 4) is 0 Å². The maximum Gasteiger partial charge on any atom is 0.0696 e. The summed E-state index contributed by atoms with van der Waals surface area (Å²) >= 11 is 0. The van der Waals surface area contributed by atoms with E-state index in [1.54, 1.807) is 0 Å². The number of ether oxygens (including phenoxy) is 1. The molecule has 1 aliphatic carbocycles. The van der Waals surface area contributed by atoms with Gasteiger partial charge in [-0.15, -0.1) is 0 Å². The third-order valence-corrected chi connectivity index (χ3v) is 4.14. The molecule has 0 bridgehead atoms. The number of hydrogen-bond acceptors (Lipinski definition) is 3. The zero-order valence-corrected chi connectivity index (χ0v) is 11.5. The summed E-state index contributed by atoms with van der Waals surface area (Å²) in [6.45, 7) is 5.47. The number of nitrogens with one attached hydrogen (secondary N) is 1. The van der Waals surface area contributed by atoms with Crippen LogP contribution in [0.3, 0.4) is 0 Å². The summed E-state index contributed by atoms with van der Waals surface area (Å²) < 4.78 is 5.99. The lowest BCUT2D eigenvalue weighted by molar-refractivity contribution is 0.0399. The van der Waals surface area contributed by atoms with Gasteiger partial charge in [0, 0.05) is 25.2 Å². The van der Waals surface area contributed by atoms with Crippen molar-refractivity contribution in [2.75, 3.05) is 26.7 Å². The van der Waals surface area contributed by atoms with E-state index in [9.17, 15) is 0 Å². The van der Waals surface area contributed by atoms with Crippen LogP contribution in [0.15, 0.2) is 0 Å². The van der Waals surface area contributed by atoms with Crippen LogP contribution in [0.1, 0.15) is 45.4 Å². The number of rotatable bonds is 8. The number of nitrogens with zero attached hydrogens (tertiary/aromatic N) is 1. The van der Waals surface area contributed by atoms with Gasteiger partial charge in [0.05, 0.1) is 6.10 Å². The minimum absolute atomic E-state index is 0.419. The molecule has 2 atom stereocenters. The summed E-state index contributed by atoms with van der Waals surface area (Å²) in [4.78, 5) is 2.48. The molecule has 1 N–H and O–H groups in total. The molecule has 0 radical (unpaired) electrons. The van der Waals surface area contributed by atoms with E-state index in [0.717, 1.165) is 31.7 Å². The van der Waals surface area contributed by atoms with Gasteiger partial charge in [0.2, 0.25) is 0 Å². The molecular weight excluding hydrogens is 212 g/mol. The van der Waals surface area contributed by atoms with Crippen molar-refractivity contribution in [3.63, 3.8) is 0 Å². The van der Waals surface area contributed by atoms with Gasteiger partial charge < -0.3 is 15.0 Å². The summed E-state index contributed by atoms with van der Waals surface area (Å²) in [6, 6.07) is 1.57. The van der Waals surface area contributed by atoms with Crippen LogP contribution in [0.2, 0.25) is 0 Å². The van der Waals surface area contributed by atoms with Crippen LogP contribution in [0.4, 0.5) is 0 Å². The van der Waals surface area contributed by atoms with Gasteiger partial charge in [-0.25, -0.2) is 0 Å². The van der Waals surface area contributed by atoms with E-state index in [1.807, 2.05) is 0 Å². The van der Waals surface area contributed by atoms with Gasteiger partial charge in [0.15, 0.2) is 0 Å². The first kappa shape index (κ1) is 13.3. The Hall–Kier alpha value is -0.120. The average molecular weight is 240 g/mol. The van der Waals surface area contributed by atoms with E-state index in [4.69, 9.17) is 4.74 Å². The van der Waals surface area contributed by atoms with Crippen molar-refractivity contribution in [1.29, 1.82) is 0 Å². The summed E-state index contributed by atoms with van der Waals surface area (Å²) in [6.07, 6.45) is 8.20. The van der Waals surface area contributed by atoms with Crippen LogP contribution in [0.5, 0.6) is 0 Å². The third-order valence-electron chi connectivity index (χ3n) is 4.14. The average Bonchev–Trinajstić information content (AvgIpc) is 3.07. The Morgan fingerprint density at radius 1 is 1.35 bits per heavy atom. The van der Waals surface area contributed by atoms with Crippen LogP contribution in [0, 0.1) is 0 Å². The fourth-order valence-corrected chi connectivity index (χ4v) is 2.62. The third kappa shape index (κ3) is 4.57. The summed E-state index contributed by atoms with van der Waals surface area (Å²) in [7, 11) is 2.24. The first-order valence-corrected chi connectivity index (χ1v) is 7.34. The molecule has 1 saturated heterocycles. The van der Waals surface area contributed by atoms with E-state index in [0.29, 0.717) is 6.10 Å². The summed E-state index contributed by atoms with van der Waals surface area (Å²) in [5.74, 6) is 0. The molecule has 0 aromatic carbocycles. The second-order valence-corrected chi connectivity index (χ2v) is 5.65. The molecule has 2 fully saturated rings. The Balaban J connectivity index is 1.54. The van der Waals surface area contributed by atoms with Gasteiger partial charge in [0.25, 0.3) is 0 Å².